The second kappa shape index (κ2) is 4.64. The zero-order valence-electron chi connectivity index (χ0n) is 10.6. The van der Waals surface area contributed by atoms with E-state index >= 15 is 0 Å². The average Bonchev–Trinajstić information content (AvgIpc) is 2.73. The molecule has 6 heteroatoms. The third kappa shape index (κ3) is 2.04. The number of carbonyl (C=O) groups is 1. The molecule has 0 aliphatic heterocycles. The number of aryl methyl sites for hydroxylation is 1. The second-order valence-corrected chi connectivity index (χ2v) is 4.79. The molecule has 100 valence electrons. The van der Waals surface area contributed by atoms with Gasteiger partial charge in [-0.1, -0.05) is 0 Å². The molecule has 0 spiro atoms. The van der Waals surface area contributed by atoms with Crippen LogP contribution < -0.4 is 0 Å². The van der Waals surface area contributed by atoms with Crippen LogP contribution in [-0.2, 0) is 0 Å². The third-order valence-electron chi connectivity index (χ3n) is 2.96. The van der Waals surface area contributed by atoms with Gasteiger partial charge in [0.15, 0.2) is 5.65 Å². The quantitative estimate of drug-likeness (QED) is 0.646. The topological polar surface area (TPSA) is 39.3 Å². The Morgan fingerprint density at radius 2 is 1.95 bits per heavy atom. The summed E-state index contributed by atoms with van der Waals surface area (Å²) in [5, 5.41) is 0. The van der Waals surface area contributed by atoms with Crippen LogP contribution in [0, 0.1) is 17.5 Å². The summed E-state index contributed by atoms with van der Waals surface area (Å²) < 4.78 is 16.0. The Labute approximate surface area is 119 Å². The molecule has 0 saturated carbocycles. The summed E-state index contributed by atoms with van der Waals surface area (Å²) in [5.74, 6) is -0.731. The van der Waals surface area contributed by atoms with Crippen molar-refractivity contribution in [1.82, 2.24) is 14.2 Å². The summed E-state index contributed by atoms with van der Waals surface area (Å²) in [7, 11) is 0. The van der Waals surface area contributed by atoms with E-state index in [1.807, 2.05) is 19.1 Å². The number of hydrogen-bond acceptors (Lipinski definition) is 3. The van der Waals surface area contributed by atoms with Gasteiger partial charge in [-0.3, -0.25) is 4.79 Å². The highest BCUT2D eigenvalue weighted by atomic mass is 32.1. The molecular formula is C14H10FN3OS. The van der Waals surface area contributed by atoms with Crippen LogP contribution in [-0.4, -0.2) is 20.1 Å². The normalized spacial score (nSPS) is 10.9. The van der Waals surface area contributed by atoms with Crippen molar-refractivity contribution in [3.8, 4) is 0 Å². The van der Waals surface area contributed by atoms with E-state index in [1.54, 1.807) is 10.7 Å². The van der Waals surface area contributed by atoms with Crippen molar-refractivity contribution in [3.05, 3.63) is 64.3 Å². The molecule has 0 radical (unpaired) electrons. The Bertz CT molecular complexity index is 864. The van der Waals surface area contributed by atoms with Crippen LogP contribution in [0.3, 0.4) is 0 Å². The van der Waals surface area contributed by atoms with E-state index < -0.39 is 0 Å². The van der Waals surface area contributed by atoms with E-state index in [0.29, 0.717) is 11.2 Å². The fourth-order valence-corrected chi connectivity index (χ4v) is 2.24. The molecule has 4 nitrogen and oxygen atoms in total. The second-order valence-electron chi connectivity index (χ2n) is 4.43. The number of pyridine rings is 1. The van der Waals surface area contributed by atoms with Crippen LogP contribution in [0.15, 0.2) is 42.6 Å². The van der Waals surface area contributed by atoms with E-state index in [0.717, 1.165) is 5.56 Å². The van der Waals surface area contributed by atoms with Gasteiger partial charge in [0.05, 0.1) is 0 Å². The van der Waals surface area contributed by atoms with Gasteiger partial charge in [-0.2, -0.15) is 9.67 Å². The molecule has 0 aliphatic carbocycles. The molecular weight excluding hydrogens is 277 g/mol. The van der Waals surface area contributed by atoms with Gasteiger partial charge in [0.1, 0.15) is 5.82 Å². The van der Waals surface area contributed by atoms with Crippen molar-refractivity contribution in [2.45, 2.75) is 6.92 Å². The monoisotopic (exact) mass is 287 g/mol. The van der Waals surface area contributed by atoms with Gasteiger partial charge in [-0.15, -0.1) is 0 Å². The summed E-state index contributed by atoms with van der Waals surface area (Å²) in [4.78, 5) is 16.6. The van der Waals surface area contributed by atoms with Crippen LogP contribution in [0.4, 0.5) is 4.39 Å². The predicted molar refractivity (Wildman–Crippen MR) is 74.9 cm³/mol. The van der Waals surface area contributed by atoms with Crippen molar-refractivity contribution >= 4 is 23.8 Å². The highest BCUT2D eigenvalue weighted by Gasteiger charge is 2.14. The minimum Gasteiger partial charge on any atom is -0.267 e. The van der Waals surface area contributed by atoms with E-state index in [2.05, 4.69) is 4.98 Å². The summed E-state index contributed by atoms with van der Waals surface area (Å²) in [5.41, 5.74) is 1.98. The molecule has 3 rings (SSSR count). The first-order valence-corrected chi connectivity index (χ1v) is 6.35. The predicted octanol–water partition coefficient (Wildman–Crippen LogP) is 3.00. The number of aromatic nitrogens is 3. The molecule has 0 fully saturated rings. The van der Waals surface area contributed by atoms with Gasteiger partial charge in [0, 0.05) is 11.8 Å². The minimum absolute atomic E-state index is 0.171. The maximum atomic E-state index is 12.9. The van der Waals surface area contributed by atoms with Crippen molar-refractivity contribution in [2.24, 2.45) is 0 Å². The Hall–Kier alpha value is -2.34. The lowest BCUT2D eigenvalue weighted by molar-refractivity contribution is 0.0938. The number of nitrogens with zero attached hydrogens (tertiary/aromatic N) is 3. The molecule has 1 aromatic carbocycles. The average molecular weight is 287 g/mol. The summed E-state index contributed by atoms with van der Waals surface area (Å²) in [6.07, 6.45) is 1.73. The molecule has 0 unspecified atom stereocenters. The first-order chi connectivity index (χ1) is 9.56. The minimum atomic E-state index is -0.390. The Kier molecular flexibility index (Phi) is 2.94. The van der Waals surface area contributed by atoms with Gasteiger partial charge in [0.2, 0.25) is 4.77 Å². The van der Waals surface area contributed by atoms with Crippen LogP contribution in [0.1, 0.15) is 15.9 Å². The smallest absolute Gasteiger partial charge is 0.267 e. The highest BCUT2D eigenvalue weighted by Crippen LogP contribution is 2.10. The van der Waals surface area contributed by atoms with Crippen molar-refractivity contribution in [2.75, 3.05) is 0 Å². The van der Waals surface area contributed by atoms with Gasteiger partial charge >= 0.3 is 0 Å². The Morgan fingerprint density at radius 1 is 1.25 bits per heavy atom. The SMILES string of the molecule is Cc1ccn2c(c1)nc(=S)n2C(=O)c1ccc(F)cc1. The summed E-state index contributed by atoms with van der Waals surface area (Å²) in [6.45, 7) is 1.93. The van der Waals surface area contributed by atoms with Gasteiger partial charge < -0.3 is 0 Å². The van der Waals surface area contributed by atoms with Crippen molar-refractivity contribution in [3.63, 3.8) is 0 Å². The molecule has 0 saturated heterocycles. The van der Waals surface area contributed by atoms with Crippen molar-refractivity contribution in [1.29, 1.82) is 0 Å². The molecule has 2 aromatic heterocycles. The molecule has 0 N–H and O–H groups in total. The molecule has 2 heterocycles. The lowest BCUT2D eigenvalue weighted by Crippen LogP contribution is -2.17. The zero-order chi connectivity index (χ0) is 14.3. The largest absolute Gasteiger partial charge is 0.279 e. The van der Waals surface area contributed by atoms with Crippen LogP contribution >= 0.6 is 12.2 Å². The highest BCUT2D eigenvalue weighted by molar-refractivity contribution is 7.71. The molecule has 3 aromatic rings. The fraction of sp³-hybridized carbons (Fsp3) is 0.0714. The Morgan fingerprint density at radius 3 is 2.65 bits per heavy atom. The molecule has 0 bridgehead atoms. The summed E-state index contributed by atoms with van der Waals surface area (Å²) >= 11 is 5.13. The van der Waals surface area contributed by atoms with Gasteiger partial charge in [0.25, 0.3) is 5.91 Å². The number of fused-ring (bicyclic) bond motifs is 1. The first kappa shape index (κ1) is 12.7. The zero-order valence-corrected chi connectivity index (χ0v) is 11.4. The number of carbonyl (C=O) groups excluding carboxylic acids is 1. The standard InChI is InChI=1S/C14H10FN3OS/c1-9-6-7-17-12(8-9)16-14(20)18(17)13(19)10-2-4-11(15)5-3-10/h2-8H,1H3. The van der Waals surface area contributed by atoms with Crippen molar-refractivity contribution < 1.29 is 9.18 Å². The maximum absolute atomic E-state index is 12.9. The van der Waals surface area contributed by atoms with Crippen LogP contribution in [0.25, 0.3) is 5.65 Å². The van der Waals surface area contributed by atoms with Gasteiger partial charge in [-0.05, 0) is 61.1 Å². The number of rotatable bonds is 1. The number of hydrogen-bond donors (Lipinski definition) is 0. The van der Waals surface area contributed by atoms with Crippen LogP contribution in [0.2, 0.25) is 0 Å². The molecule has 0 atom stereocenters. The third-order valence-corrected chi connectivity index (χ3v) is 3.22. The number of benzene rings is 1. The van der Waals surface area contributed by atoms with Gasteiger partial charge in [-0.25, -0.2) is 8.91 Å². The van der Waals surface area contributed by atoms with E-state index in [-0.39, 0.29) is 16.5 Å². The Balaban J connectivity index is 2.19. The lowest BCUT2D eigenvalue weighted by atomic mass is 10.2. The maximum Gasteiger partial charge on any atom is 0.279 e. The first-order valence-electron chi connectivity index (χ1n) is 5.94. The molecule has 0 amide bonds. The molecule has 0 aliphatic rings. The van der Waals surface area contributed by atoms with E-state index in [1.165, 1.54) is 28.9 Å². The summed E-state index contributed by atoms with van der Waals surface area (Å²) in [6, 6.07) is 9.02. The number of halogens is 1. The van der Waals surface area contributed by atoms with Crippen LogP contribution in [0.5, 0.6) is 0 Å². The van der Waals surface area contributed by atoms with E-state index in [4.69, 9.17) is 12.2 Å². The lowest BCUT2D eigenvalue weighted by Gasteiger charge is -2.05. The molecule has 20 heavy (non-hydrogen) atoms. The van der Waals surface area contributed by atoms with E-state index in [9.17, 15) is 9.18 Å². The fourth-order valence-electron chi connectivity index (χ4n) is 1.97.